The molecule has 1 saturated heterocycles. The van der Waals surface area contributed by atoms with Crippen molar-refractivity contribution in [3.05, 3.63) is 28.8 Å². The van der Waals surface area contributed by atoms with Gasteiger partial charge in [-0.2, -0.15) is 0 Å². The number of nitrogens with zero attached hydrogens (tertiary/aromatic N) is 1. The number of morpholine rings is 1. The van der Waals surface area contributed by atoms with E-state index < -0.39 is 5.82 Å². The van der Waals surface area contributed by atoms with Gasteiger partial charge >= 0.3 is 0 Å². The molecule has 1 heterocycles. The summed E-state index contributed by atoms with van der Waals surface area (Å²) in [4.78, 5) is 1.76. The first-order valence-corrected chi connectivity index (χ1v) is 7.40. The van der Waals surface area contributed by atoms with Crippen LogP contribution in [0.3, 0.4) is 0 Å². The summed E-state index contributed by atoms with van der Waals surface area (Å²) in [5, 5.41) is 0. The highest BCUT2D eigenvalue weighted by Crippen LogP contribution is 2.42. The van der Waals surface area contributed by atoms with Crippen LogP contribution in [0.25, 0.3) is 0 Å². The predicted octanol–water partition coefficient (Wildman–Crippen LogP) is 3.22. The second kappa shape index (κ2) is 4.92. The maximum atomic E-state index is 14.5. The average Bonchev–Trinajstić information content (AvgIpc) is 2.73. The van der Waals surface area contributed by atoms with Crippen LogP contribution in [0.15, 0.2) is 6.07 Å². The molecule has 0 bridgehead atoms. The molecule has 0 unspecified atom stereocenters. The quantitative estimate of drug-likeness (QED) is 0.560. The summed E-state index contributed by atoms with van der Waals surface area (Å²) in [7, 11) is 0. The molecule has 1 aliphatic carbocycles. The first-order valence-electron chi connectivity index (χ1n) is 6.16. The van der Waals surface area contributed by atoms with Crippen LogP contribution >= 0.6 is 22.6 Å². The van der Waals surface area contributed by atoms with Crippen molar-refractivity contribution in [3.8, 4) is 0 Å². The van der Waals surface area contributed by atoms with E-state index in [0.717, 1.165) is 12.0 Å². The number of alkyl halides is 1. The maximum absolute atomic E-state index is 14.5. The molecule has 98 valence electrons. The monoisotopic (exact) mass is 365 g/mol. The lowest BCUT2D eigenvalue weighted by atomic mass is 10.1. The molecule has 2 aliphatic rings. The van der Waals surface area contributed by atoms with Gasteiger partial charge in [-0.25, -0.2) is 8.78 Å². The number of hydrogen-bond acceptors (Lipinski definition) is 2. The summed E-state index contributed by atoms with van der Waals surface area (Å²) in [5.41, 5.74) is 1.68. The Kier molecular flexibility index (Phi) is 3.44. The molecule has 0 spiro atoms. The minimum Gasteiger partial charge on any atom is -0.378 e. The first-order chi connectivity index (χ1) is 8.68. The third-order valence-corrected chi connectivity index (χ3v) is 4.94. The van der Waals surface area contributed by atoms with Crippen LogP contribution < -0.4 is 4.90 Å². The van der Waals surface area contributed by atoms with Gasteiger partial charge in [0.15, 0.2) is 5.82 Å². The van der Waals surface area contributed by atoms with Crippen LogP contribution in [0.1, 0.15) is 21.5 Å². The molecule has 5 heteroatoms. The molecule has 1 fully saturated rings. The fourth-order valence-corrected chi connectivity index (χ4v) is 3.57. The Bertz CT molecular complexity index is 475. The zero-order valence-electron chi connectivity index (χ0n) is 9.89. The lowest BCUT2D eigenvalue weighted by Crippen LogP contribution is -2.37. The SMILES string of the molecule is Fc1cc2c(c(F)c1N1CCOCC1)CC[C@@H]2I. The second-order valence-corrected chi connectivity index (χ2v) is 6.20. The van der Waals surface area contributed by atoms with E-state index in [4.69, 9.17) is 4.74 Å². The first kappa shape index (κ1) is 12.6. The summed E-state index contributed by atoms with van der Waals surface area (Å²) in [6.45, 7) is 2.18. The van der Waals surface area contributed by atoms with Gasteiger partial charge in [-0.1, -0.05) is 22.6 Å². The number of anilines is 1. The van der Waals surface area contributed by atoms with Crippen LogP contribution in [0, 0.1) is 11.6 Å². The van der Waals surface area contributed by atoms with Gasteiger partial charge in [-0.15, -0.1) is 0 Å². The zero-order chi connectivity index (χ0) is 12.7. The zero-order valence-corrected chi connectivity index (χ0v) is 12.0. The van der Waals surface area contributed by atoms with Gasteiger partial charge in [-0.3, -0.25) is 0 Å². The number of rotatable bonds is 1. The number of halogens is 3. The Balaban J connectivity index is 2.04. The standard InChI is InChI=1S/C13H14F2INO/c14-10-7-9-8(1-2-11(9)16)12(15)13(10)17-3-5-18-6-4-17/h7,11H,1-6H2/t11-/m0/s1. The van der Waals surface area contributed by atoms with Crippen molar-refractivity contribution in [2.24, 2.45) is 0 Å². The largest absolute Gasteiger partial charge is 0.378 e. The Morgan fingerprint density at radius 1 is 1.28 bits per heavy atom. The van der Waals surface area contributed by atoms with Gasteiger partial charge < -0.3 is 9.64 Å². The van der Waals surface area contributed by atoms with E-state index in [0.29, 0.717) is 38.3 Å². The minimum absolute atomic E-state index is 0.141. The van der Waals surface area contributed by atoms with Crippen LogP contribution in [-0.2, 0) is 11.2 Å². The highest BCUT2D eigenvalue weighted by molar-refractivity contribution is 14.1. The number of fused-ring (bicyclic) bond motifs is 1. The Labute approximate surface area is 118 Å². The number of hydrogen-bond donors (Lipinski definition) is 0. The normalized spacial score (nSPS) is 23.3. The second-order valence-electron chi connectivity index (χ2n) is 4.69. The van der Waals surface area contributed by atoms with Crippen molar-refractivity contribution in [2.75, 3.05) is 31.2 Å². The molecule has 0 N–H and O–H groups in total. The van der Waals surface area contributed by atoms with Crippen molar-refractivity contribution in [1.29, 1.82) is 0 Å². The lowest BCUT2D eigenvalue weighted by Gasteiger charge is -2.30. The van der Waals surface area contributed by atoms with E-state index >= 15 is 0 Å². The Morgan fingerprint density at radius 2 is 2.00 bits per heavy atom. The Morgan fingerprint density at radius 3 is 2.72 bits per heavy atom. The van der Waals surface area contributed by atoms with Gasteiger partial charge in [0.25, 0.3) is 0 Å². The van der Waals surface area contributed by atoms with Gasteiger partial charge in [0, 0.05) is 17.0 Å². The fourth-order valence-electron chi connectivity index (χ4n) is 2.70. The van der Waals surface area contributed by atoms with Crippen molar-refractivity contribution in [3.63, 3.8) is 0 Å². The van der Waals surface area contributed by atoms with Gasteiger partial charge in [0.1, 0.15) is 11.5 Å². The van der Waals surface area contributed by atoms with E-state index in [1.807, 2.05) is 0 Å². The van der Waals surface area contributed by atoms with Crippen LogP contribution in [-0.4, -0.2) is 26.3 Å². The van der Waals surface area contributed by atoms with E-state index in [9.17, 15) is 8.78 Å². The molecular weight excluding hydrogens is 351 g/mol. The average molecular weight is 365 g/mol. The third kappa shape index (κ3) is 2.01. The molecule has 18 heavy (non-hydrogen) atoms. The fraction of sp³-hybridized carbons (Fsp3) is 0.538. The molecule has 0 amide bonds. The molecular formula is C13H14F2INO. The van der Waals surface area contributed by atoms with E-state index in [2.05, 4.69) is 22.6 Å². The molecule has 1 aliphatic heterocycles. The summed E-state index contributed by atoms with van der Waals surface area (Å²) in [5.74, 6) is -0.789. The van der Waals surface area contributed by atoms with Gasteiger partial charge in [0.05, 0.1) is 13.2 Å². The van der Waals surface area contributed by atoms with Crippen molar-refractivity contribution < 1.29 is 13.5 Å². The highest BCUT2D eigenvalue weighted by Gasteiger charge is 2.29. The smallest absolute Gasteiger partial charge is 0.153 e. The molecule has 0 saturated carbocycles. The van der Waals surface area contributed by atoms with E-state index in [-0.39, 0.29) is 15.4 Å². The molecule has 2 nitrogen and oxygen atoms in total. The molecule has 0 radical (unpaired) electrons. The maximum Gasteiger partial charge on any atom is 0.153 e. The lowest BCUT2D eigenvalue weighted by molar-refractivity contribution is 0.122. The van der Waals surface area contributed by atoms with Gasteiger partial charge in [-0.05, 0) is 30.0 Å². The molecule has 0 aromatic heterocycles. The Hall–Kier alpha value is -0.430. The molecule has 1 aromatic rings. The van der Waals surface area contributed by atoms with Crippen molar-refractivity contribution in [2.45, 2.75) is 16.8 Å². The van der Waals surface area contributed by atoms with Gasteiger partial charge in [0.2, 0.25) is 0 Å². The third-order valence-electron chi connectivity index (χ3n) is 3.64. The van der Waals surface area contributed by atoms with E-state index in [1.54, 1.807) is 4.90 Å². The predicted molar refractivity (Wildman–Crippen MR) is 74.5 cm³/mol. The number of benzene rings is 1. The van der Waals surface area contributed by atoms with Crippen LogP contribution in [0.2, 0.25) is 0 Å². The molecule has 1 aromatic carbocycles. The number of ether oxygens (including phenoxy) is 1. The highest BCUT2D eigenvalue weighted by atomic mass is 127. The summed E-state index contributed by atoms with van der Waals surface area (Å²) in [6.07, 6.45) is 1.62. The molecule has 3 rings (SSSR count). The summed E-state index contributed by atoms with van der Waals surface area (Å²) >= 11 is 2.26. The van der Waals surface area contributed by atoms with Crippen LogP contribution in [0.4, 0.5) is 14.5 Å². The topological polar surface area (TPSA) is 12.5 Å². The summed E-state index contributed by atoms with van der Waals surface area (Å²) < 4.78 is 34.1. The molecule has 1 atom stereocenters. The van der Waals surface area contributed by atoms with Crippen molar-refractivity contribution in [1.82, 2.24) is 0 Å². The van der Waals surface area contributed by atoms with Crippen molar-refractivity contribution >= 4 is 28.3 Å². The van der Waals surface area contributed by atoms with Crippen LogP contribution in [0.5, 0.6) is 0 Å². The van der Waals surface area contributed by atoms with E-state index in [1.165, 1.54) is 6.07 Å². The summed E-state index contributed by atoms with van der Waals surface area (Å²) in [6, 6.07) is 1.52. The minimum atomic E-state index is -0.434.